The van der Waals surface area contributed by atoms with Gasteiger partial charge < -0.3 is 9.25 Å². The molecule has 0 radical (unpaired) electrons. The van der Waals surface area contributed by atoms with Gasteiger partial charge in [-0.15, -0.1) is 16.4 Å². The molecule has 5 rings (SSSR count). The minimum atomic E-state index is -3.59. The topological polar surface area (TPSA) is 103 Å². The Morgan fingerprint density at radius 2 is 2.23 bits per heavy atom. The first-order chi connectivity index (χ1) is 15.0. The Hall–Kier alpha value is -2.76. The van der Waals surface area contributed by atoms with Gasteiger partial charge in [0.2, 0.25) is 15.9 Å². The summed E-state index contributed by atoms with van der Waals surface area (Å²) in [4.78, 5) is 12.5. The summed E-state index contributed by atoms with van der Waals surface area (Å²) in [6, 6.07) is 8.63. The van der Waals surface area contributed by atoms with Gasteiger partial charge in [0.05, 0.1) is 9.77 Å². The van der Waals surface area contributed by atoms with E-state index >= 15 is 0 Å². The zero-order valence-electron chi connectivity index (χ0n) is 16.8. The number of sulfonamides is 1. The third-order valence-corrected chi connectivity index (χ3v) is 7.98. The fourth-order valence-electron chi connectivity index (χ4n) is 3.66. The van der Waals surface area contributed by atoms with E-state index in [1.165, 1.54) is 22.4 Å². The number of piperidine rings is 1. The summed E-state index contributed by atoms with van der Waals surface area (Å²) < 4.78 is 33.3. The number of nitrogens with zero attached hydrogens (tertiary/aromatic N) is 5. The second-order valence-electron chi connectivity index (χ2n) is 7.62. The van der Waals surface area contributed by atoms with Crippen molar-refractivity contribution < 1.29 is 17.7 Å². The van der Waals surface area contributed by atoms with Crippen LogP contribution in [0.2, 0.25) is 0 Å². The predicted octanol–water partition coefficient (Wildman–Crippen LogP) is 3.20. The van der Waals surface area contributed by atoms with Crippen LogP contribution in [0.25, 0.3) is 21.8 Å². The highest BCUT2D eigenvalue weighted by molar-refractivity contribution is 7.89. The van der Waals surface area contributed by atoms with Crippen LogP contribution in [0.3, 0.4) is 0 Å². The van der Waals surface area contributed by atoms with Crippen LogP contribution in [0, 0.1) is 5.92 Å². The molecule has 1 aliphatic heterocycles. The fraction of sp³-hybridized carbons (Fsp3) is 0.350. The van der Waals surface area contributed by atoms with Crippen molar-refractivity contribution >= 4 is 32.4 Å². The lowest BCUT2D eigenvalue weighted by molar-refractivity contribution is 0.0730. The molecule has 0 spiro atoms. The largest absolute Gasteiger partial charge is 0.443 e. The van der Waals surface area contributed by atoms with Gasteiger partial charge in [-0.2, -0.15) is 4.31 Å². The SMILES string of the molecule is CC1CCCN(S(=O)(=O)c2ccc3nnn(OCc4coc(-c5cccs5)n4)c3c2)C1. The summed E-state index contributed by atoms with van der Waals surface area (Å²) in [6.45, 7) is 3.25. The number of fused-ring (bicyclic) bond motifs is 1. The quantitative estimate of drug-likeness (QED) is 0.436. The van der Waals surface area contributed by atoms with Crippen molar-refractivity contribution in [2.75, 3.05) is 13.1 Å². The van der Waals surface area contributed by atoms with Crippen LogP contribution in [0.5, 0.6) is 0 Å². The predicted molar refractivity (Wildman–Crippen MR) is 115 cm³/mol. The third kappa shape index (κ3) is 3.95. The molecule has 4 aromatic rings. The zero-order chi connectivity index (χ0) is 21.4. The molecule has 1 aromatic carbocycles. The van der Waals surface area contributed by atoms with Gasteiger partial charge in [-0.3, -0.25) is 0 Å². The minimum Gasteiger partial charge on any atom is -0.443 e. The third-order valence-electron chi connectivity index (χ3n) is 5.26. The summed E-state index contributed by atoms with van der Waals surface area (Å²) >= 11 is 1.54. The van der Waals surface area contributed by atoms with E-state index in [9.17, 15) is 8.42 Å². The highest BCUT2D eigenvalue weighted by atomic mass is 32.2. The molecule has 1 saturated heterocycles. The minimum absolute atomic E-state index is 0.105. The van der Waals surface area contributed by atoms with Crippen molar-refractivity contribution in [1.29, 1.82) is 0 Å². The normalized spacial score (nSPS) is 17.9. The molecular formula is C20H21N5O4S2. The molecule has 162 valence electrons. The number of thiophene rings is 1. The lowest BCUT2D eigenvalue weighted by atomic mass is 10.0. The van der Waals surface area contributed by atoms with Crippen LogP contribution in [-0.4, -0.2) is 46.0 Å². The van der Waals surface area contributed by atoms with Crippen molar-refractivity contribution in [2.45, 2.75) is 31.3 Å². The van der Waals surface area contributed by atoms with E-state index in [1.807, 2.05) is 17.5 Å². The molecule has 1 atom stereocenters. The van der Waals surface area contributed by atoms with E-state index in [-0.39, 0.29) is 11.5 Å². The van der Waals surface area contributed by atoms with E-state index < -0.39 is 10.0 Å². The van der Waals surface area contributed by atoms with Crippen molar-refractivity contribution in [3.8, 4) is 10.8 Å². The summed E-state index contributed by atoms with van der Waals surface area (Å²) in [7, 11) is -3.59. The molecule has 4 heterocycles. The number of aromatic nitrogens is 4. The van der Waals surface area contributed by atoms with Crippen LogP contribution in [0.15, 0.2) is 51.3 Å². The molecule has 0 N–H and O–H groups in total. The molecule has 1 fully saturated rings. The van der Waals surface area contributed by atoms with Crippen molar-refractivity contribution in [3.05, 3.63) is 47.7 Å². The van der Waals surface area contributed by atoms with E-state index in [4.69, 9.17) is 9.25 Å². The van der Waals surface area contributed by atoms with Gasteiger partial charge in [-0.05, 0) is 53.6 Å². The van der Waals surface area contributed by atoms with Gasteiger partial charge in [0.1, 0.15) is 23.0 Å². The summed E-state index contributed by atoms with van der Waals surface area (Å²) in [6.07, 6.45) is 3.45. The zero-order valence-corrected chi connectivity index (χ0v) is 18.5. The second kappa shape index (κ2) is 8.06. The Kier molecular flexibility index (Phi) is 5.24. The Morgan fingerprint density at radius 3 is 3.03 bits per heavy atom. The van der Waals surface area contributed by atoms with Crippen molar-refractivity contribution in [2.24, 2.45) is 5.92 Å². The number of rotatable bonds is 6. The first-order valence-electron chi connectivity index (χ1n) is 9.98. The van der Waals surface area contributed by atoms with Gasteiger partial charge in [0, 0.05) is 13.1 Å². The average Bonchev–Trinajstić information content (AvgIpc) is 3.52. The van der Waals surface area contributed by atoms with E-state index in [0.717, 1.165) is 17.7 Å². The molecule has 0 amide bonds. The lowest BCUT2D eigenvalue weighted by Gasteiger charge is -2.30. The van der Waals surface area contributed by atoms with E-state index in [1.54, 1.807) is 22.5 Å². The highest BCUT2D eigenvalue weighted by Crippen LogP contribution is 2.26. The molecule has 9 nitrogen and oxygen atoms in total. The van der Waals surface area contributed by atoms with E-state index in [0.29, 0.717) is 41.6 Å². The standard InChI is InChI=1S/C20H21N5O4S2/c1-14-4-2-8-24(11-14)31(26,27)16-6-7-17-18(10-16)25(23-22-17)29-13-15-12-28-20(21-15)19-5-3-9-30-19/h3,5-7,9-10,12,14H,2,4,8,11,13H2,1H3. The van der Waals surface area contributed by atoms with E-state index in [2.05, 4.69) is 22.2 Å². The second-order valence-corrected chi connectivity index (χ2v) is 10.5. The molecule has 0 aliphatic carbocycles. The first-order valence-corrected chi connectivity index (χ1v) is 12.3. The molecule has 31 heavy (non-hydrogen) atoms. The maximum absolute atomic E-state index is 13.1. The number of oxazole rings is 1. The lowest BCUT2D eigenvalue weighted by Crippen LogP contribution is -2.39. The Labute approximate surface area is 183 Å². The maximum atomic E-state index is 13.1. The van der Waals surface area contributed by atoms with Gasteiger partial charge in [-0.1, -0.05) is 17.8 Å². The van der Waals surface area contributed by atoms with Crippen LogP contribution in [-0.2, 0) is 16.6 Å². The fourth-order valence-corrected chi connectivity index (χ4v) is 5.94. The van der Waals surface area contributed by atoms with Crippen LogP contribution < -0.4 is 4.84 Å². The molecule has 3 aromatic heterocycles. The van der Waals surface area contributed by atoms with Gasteiger partial charge >= 0.3 is 0 Å². The van der Waals surface area contributed by atoms with Crippen molar-refractivity contribution in [1.82, 2.24) is 24.4 Å². The summed E-state index contributed by atoms with van der Waals surface area (Å²) in [5, 5.41) is 10.0. The first kappa shape index (κ1) is 20.2. The Balaban J connectivity index is 1.37. The Morgan fingerprint density at radius 1 is 1.32 bits per heavy atom. The smallest absolute Gasteiger partial charge is 0.243 e. The highest BCUT2D eigenvalue weighted by Gasteiger charge is 2.29. The molecule has 0 saturated carbocycles. The van der Waals surface area contributed by atoms with Gasteiger partial charge in [0.15, 0.2) is 6.61 Å². The molecule has 11 heteroatoms. The van der Waals surface area contributed by atoms with Gasteiger partial charge in [0.25, 0.3) is 0 Å². The monoisotopic (exact) mass is 459 g/mol. The van der Waals surface area contributed by atoms with Crippen LogP contribution >= 0.6 is 11.3 Å². The molecule has 1 aliphatic rings. The molecular weight excluding hydrogens is 438 g/mol. The molecule has 1 unspecified atom stereocenters. The van der Waals surface area contributed by atoms with Crippen molar-refractivity contribution in [3.63, 3.8) is 0 Å². The maximum Gasteiger partial charge on any atom is 0.243 e. The summed E-state index contributed by atoms with van der Waals surface area (Å²) in [5.41, 5.74) is 1.62. The van der Waals surface area contributed by atoms with Gasteiger partial charge in [-0.25, -0.2) is 13.4 Å². The summed E-state index contributed by atoms with van der Waals surface area (Å²) in [5.74, 6) is 0.880. The number of benzene rings is 1. The van der Waals surface area contributed by atoms with Crippen LogP contribution in [0.4, 0.5) is 0 Å². The average molecular weight is 460 g/mol. The number of hydrogen-bond acceptors (Lipinski definition) is 8. The number of hydrogen-bond donors (Lipinski definition) is 0. The molecule has 0 bridgehead atoms. The van der Waals surface area contributed by atoms with Crippen LogP contribution in [0.1, 0.15) is 25.5 Å². The Bertz CT molecular complexity index is 1300.